The first-order valence-electron chi connectivity index (χ1n) is 3.69. The fraction of sp³-hybridized carbons (Fsp3) is 0.125. The van der Waals surface area contributed by atoms with E-state index in [1.165, 1.54) is 13.3 Å². The van der Waals surface area contributed by atoms with E-state index in [4.69, 9.17) is 0 Å². The van der Waals surface area contributed by atoms with Crippen LogP contribution in [0.5, 0.6) is 0 Å². The Balaban J connectivity index is 2.64. The highest BCUT2D eigenvalue weighted by molar-refractivity contribution is 5.88. The van der Waals surface area contributed by atoms with Gasteiger partial charge in [-0.3, -0.25) is 4.40 Å². The highest BCUT2D eigenvalue weighted by Gasteiger charge is 2.11. The first-order chi connectivity index (χ1) is 6.33. The van der Waals surface area contributed by atoms with Gasteiger partial charge >= 0.3 is 5.97 Å². The number of aromatic nitrogens is 3. The van der Waals surface area contributed by atoms with Crippen molar-refractivity contribution in [2.75, 3.05) is 7.11 Å². The van der Waals surface area contributed by atoms with Gasteiger partial charge in [-0.2, -0.15) is 0 Å². The molecule has 0 aliphatic carbocycles. The average molecular weight is 177 g/mol. The molecule has 0 aliphatic rings. The summed E-state index contributed by atoms with van der Waals surface area (Å²) in [7, 11) is 1.33. The summed E-state index contributed by atoms with van der Waals surface area (Å²) in [6.07, 6.45) is 4.76. The van der Waals surface area contributed by atoms with E-state index in [0.29, 0.717) is 11.5 Å². The third-order valence-corrected chi connectivity index (χ3v) is 1.68. The maximum atomic E-state index is 11.2. The summed E-state index contributed by atoms with van der Waals surface area (Å²) in [6, 6.07) is 1.72. The SMILES string of the molecule is COC(=O)c1cnc2ncccn12. The molecule has 0 aromatic carbocycles. The van der Waals surface area contributed by atoms with Gasteiger partial charge in [0.1, 0.15) is 0 Å². The van der Waals surface area contributed by atoms with Crippen molar-refractivity contribution < 1.29 is 9.53 Å². The maximum absolute atomic E-state index is 11.2. The molecule has 0 fully saturated rings. The Morgan fingerprint density at radius 2 is 2.38 bits per heavy atom. The lowest BCUT2D eigenvalue weighted by atomic mass is 10.5. The normalized spacial score (nSPS) is 10.2. The van der Waals surface area contributed by atoms with Crippen molar-refractivity contribution in [3.05, 3.63) is 30.4 Å². The molecular formula is C8H7N3O2. The molecule has 5 nitrogen and oxygen atoms in total. The molecule has 66 valence electrons. The number of rotatable bonds is 1. The molecular weight excluding hydrogens is 170 g/mol. The van der Waals surface area contributed by atoms with Crippen molar-refractivity contribution in [3.8, 4) is 0 Å². The monoisotopic (exact) mass is 177 g/mol. The molecule has 2 aromatic heterocycles. The van der Waals surface area contributed by atoms with Crippen LogP contribution in [0.1, 0.15) is 10.5 Å². The average Bonchev–Trinajstić information content (AvgIpc) is 2.60. The van der Waals surface area contributed by atoms with Crippen LogP contribution in [0, 0.1) is 0 Å². The zero-order valence-corrected chi connectivity index (χ0v) is 6.97. The first kappa shape index (κ1) is 7.72. The van der Waals surface area contributed by atoms with Crippen molar-refractivity contribution in [1.82, 2.24) is 14.4 Å². The number of hydrogen-bond acceptors (Lipinski definition) is 4. The zero-order chi connectivity index (χ0) is 9.26. The van der Waals surface area contributed by atoms with E-state index < -0.39 is 5.97 Å². The Bertz CT molecular complexity index is 449. The lowest BCUT2D eigenvalue weighted by molar-refractivity contribution is 0.0593. The van der Waals surface area contributed by atoms with Crippen LogP contribution in [0.4, 0.5) is 0 Å². The van der Waals surface area contributed by atoms with Gasteiger partial charge in [-0.05, 0) is 6.07 Å². The van der Waals surface area contributed by atoms with Crippen molar-refractivity contribution >= 4 is 11.7 Å². The predicted octanol–water partition coefficient (Wildman–Crippen LogP) is 0.516. The van der Waals surface area contributed by atoms with Gasteiger partial charge in [-0.1, -0.05) is 0 Å². The van der Waals surface area contributed by atoms with Crippen LogP contribution in [0.25, 0.3) is 5.78 Å². The molecule has 13 heavy (non-hydrogen) atoms. The van der Waals surface area contributed by atoms with Gasteiger partial charge in [0.2, 0.25) is 5.78 Å². The fourth-order valence-electron chi connectivity index (χ4n) is 1.08. The van der Waals surface area contributed by atoms with Crippen LogP contribution in [-0.4, -0.2) is 27.4 Å². The summed E-state index contributed by atoms with van der Waals surface area (Å²) in [5, 5.41) is 0. The smallest absolute Gasteiger partial charge is 0.356 e. The molecule has 0 unspecified atom stereocenters. The van der Waals surface area contributed by atoms with E-state index in [9.17, 15) is 4.79 Å². The number of imidazole rings is 1. The number of ether oxygens (including phenoxy) is 1. The predicted molar refractivity (Wildman–Crippen MR) is 44.3 cm³/mol. The second-order valence-corrected chi connectivity index (χ2v) is 2.42. The molecule has 0 saturated carbocycles. The molecule has 0 saturated heterocycles. The van der Waals surface area contributed by atoms with Gasteiger partial charge in [0, 0.05) is 12.4 Å². The summed E-state index contributed by atoms with van der Waals surface area (Å²) < 4.78 is 6.15. The minimum absolute atomic E-state index is 0.380. The van der Waals surface area contributed by atoms with Crippen LogP contribution >= 0.6 is 0 Å². The third kappa shape index (κ3) is 1.14. The van der Waals surface area contributed by atoms with Crippen LogP contribution in [0.2, 0.25) is 0 Å². The number of esters is 1. The molecule has 0 radical (unpaired) electrons. The Morgan fingerprint density at radius 3 is 3.15 bits per heavy atom. The second-order valence-electron chi connectivity index (χ2n) is 2.42. The number of hydrogen-bond donors (Lipinski definition) is 0. The lowest BCUT2D eigenvalue weighted by Gasteiger charge is -1.97. The summed E-state index contributed by atoms with van der Waals surface area (Å²) in [4.78, 5) is 19.1. The molecule has 0 aliphatic heterocycles. The number of fused-ring (bicyclic) bond motifs is 1. The van der Waals surface area contributed by atoms with E-state index >= 15 is 0 Å². The largest absolute Gasteiger partial charge is 0.464 e. The van der Waals surface area contributed by atoms with Crippen molar-refractivity contribution in [1.29, 1.82) is 0 Å². The van der Waals surface area contributed by atoms with Gasteiger partial charge in [0.25, 0.3) is 0 Å². The quantitative estimate of drug-likeness (QED) is 0.596. The highest BCUT2D eigenvalue weighted by atomic mass is 16.5. The molecule has 2 rings (SSSR count). The van der Waals surface area contributed by atoms with Crippen molar-refractivity contribution in [2.45, 2.75) is 0 Å². The van der Waals surface area contributed by atoms with Crippen molar-refractivity contribution in [2.24, 2.45) is 0 Å². The number of methoxy groups -OCH3 is 1. The molecule has 0 bridgehead atoms. The van der Waals surface area contributed by atoms with Crippen LogP contribution in [0.15, 0.2) is 24.7 Å². The van der Waals surface area contributed by atoms with Gasteiger partial charge < -0.3 is 4.74 Å². The minimum atomic E-state index is -0.416. The van der Waals surface area contributed by atoms with E-state index in [2.05, 4.69) is 14.7 Å². The van der Waals surface area contributed by atoms with Crippen LogP contribution < -0.4 is 0 Å². The van der Waals surface area contributed by atoms with Crippen LogP contribution in [-0.2, 0) is 4.74 Å². The van der Waals surface area contributed by atoms with Gasteiger partial charge in [-0.25, -0.2) is 14.8 Å². The van der Waals surface area contributed by atoms with Crippen LogP contribution in [0.3, 0.4) is 0 Å². The second kappa shape index (κ2) is 2.85. The lowest BCUT2D eigenvalue weighted by Crippen LogP contribution is -2.04. The zero-order valence-electron chi connectivity index (χ0n) is 6.97. The van der Waals surface area contributed by atoms with Gasteiger partial charge in [0.05, 0.1) is 13.3 Å². The summed E-state index contributed by atoms with van der Waals surface area (Å²) in [5.74, 6) is 0.0726. The van der Waals surface area contributed by atoms with E-state index in [0.717, 1.165) is 0 Å². The van der Waals surface area contributed by atoms with Gasteiger partial charge in [-0.15, -0.1) is 0 Å². The fourth-order valence-corrected chi connectivity index (χ4v) is 1.08. The molecule has 5 heteroatoms. The summed E-state index contributed by atoms with van der Waals surface area (Å²) in [6.45, 7) is 0. The topological polar surface area (TPSA) is 56.5 Å². The number of nitrogens with zero attached hydrogens (tertiary/aromatic N) is 3. The Morgan fingerprint density at radius 1 is 1.54 bits per heavy atom. The highest BCUT2D eigenvalue weighted by Crippen LogP contribution is 2.04. The van der Waals surface area contributed by atoms with E-state index in [1.54, 1.807) is 22.9 Å². The molecule has 0 N–H and O–H groups in total. The molecule has 2 aromatic rings. The van der Waals surface area contributed by atoms with E-state index in [1.807, 2.05) is 0 Å². The van der Waals surface area contributed by atoms with Crippen molar-refractivity contribution in [3.63, 3.8) is 0 Å². The number of carbonyl (C=O) groups excluding carboxylic acids is 1. The third-order valence-electron chi connectivity index (χ3n) is 1.68. The van der Waals surface area contributed by atoms with Gasteiger partial charge in [0.15, 0.2) is 5.69 Å². The minimum Gasteiger partial charge on any atom is -0.464 e. The molecule has 0 spiro atoms. The Labute approximate surface area is 74.0 Å². The molecule has 0 atom stereocenters. The molecule has 0 amide bonds. The summed E-state index contributed by atoms with van der Waals surface area (Å²) in [5.41, 5.74) is 0.380. The maximum Gasteiger partial charge on any atom is 0.356 e. The molecule has 2 heterocycles. The Kier molecular flexibility index (Phi) is 1.70. The number of carbonyl (C=O) groups is 1. The summed E-state index contributed by atoms with van der Waals surface area (Å²) >= 11 is 0. The first-order valence-corrected chi connectivity index (χ1v) is 3.69. The standard InChI is InChI=1S/C8H7N3O2/c1-13-7(12)6-5-10-8-9-3-2-4-11(6)8/h2-5H,1H3. The van der Waals surface area contributed by atoms with E-state index in [-0.39, 0.29) is 0 Å². The Hall–Kier alpha value is -1.91.